The molecule has 0 aromatic heterocycles. The Labute approximate surface area is 115 Å². The van der Waals surface area contributed by atoms with Crippen LogP contribution < -0.4 is 10.5 Å². The second-order valence-electron chi connectivity index (χ2n) is 4.66. The number of hydrogen-bond acceptors (Lipinski definition) is 2. The first-order valence-electron chi connectivity index (χ1n) is 6.85. The van der Waals surface area contributed by atoms with Crippen LogP contribution >= 0.6 is 0 Å². The molecule has 0 bridgehead atoms. The summed E-state index contributed by atoms with van der Waals surface area (Å²) < 4.78 is 5.99. The van der Waals surface area contributed by atoms with Gasteiger partial charge in [-0.1, -0.05) is 44.2 Å². The van der Waals surface area contributed by atoms with Crippen LogP contribution in [0.25, 0.3) is 0 Å². The first kappa shape index (κ1) is 13.6. The Balaban J connectivity index is 2.27. The maximum atomic E-state index is 6.12. The standard InChI is InChI=1S/C17H21NO/c1-3-13-8-7-9-14(12-13)19-17-11-6-5-10-15(17)16(18)4-2/h5-12,16H,3-4,18H2,1-2H3/t16-/m1/s1. The molecule has 0 fully saturated rings. The molecule has 2 nitrogen and oxygen atoms in total. The van der Waals surface area contributed by atoms with Gasteiger partial charge in [0.25, 0.3) is 0 Å². The molecule has 0 saturated heterocycles. The molecule has 0 aliphatic heterocycles. The van der Waals surface area contributed by atoms with Crippen LogP contribution in [0.1, 0.15) is 37.4 Å². The summed E-state index contributed by atoms with van der Waals surface area (Å²) in [5, 5.41) is 0. The Kier molecular flexibility index (Phi) is 4.58. The van der Waals surface area contributed by atoms with Crippen LogP contribution in [-0.4, -0.2) is 0 Å². The van der Waals surface area contributed by atoms with Crippen LogP contribution in [-0.2, 0) is 6.42 Å². The maximum absolute atomic E-state index is 6.12. The van der Waals surface area contributed by atoms with Gasteiger partial charge in [0, 0.05) is 11.6 Å². The molecule has 0 aliphatic carbocycles. The quantitative estimate of drug-likeness (QED) is 0.856. The predicted molar refractivity (Wildman–Crippen MR) is 79.6 cm³/mol. The van der Waals surface area contributed by atoms with Crippen molar-refractivity contribution in [2.75, 3.05) is 0 Å². The molecule has 0 spiro atoms. The van der Waals surface area contributed by atoms with Gasteiger partial charge in [0.2, 0.25) is 0 Å². The molecule has 0 radical (unpaired) electrons. The number of benzene rings is 2. The summed E-state index contributed by atoms with van der Waals surface area (Å²) in [7, 11) is 0. The summed E-state index contributed by atoms with van der Waals surface area (Å²) in [5.41, 5.74) is 8.46. The van der Waals surface area contributed by atoms with E-state index < -0.39 is 0 Å². The Bertz CT molecular complexity index is 536. The highest BCUT2D eigenvalue weighted by atomic mass is 16.5. The van der Waals surface area contributed by atoms with Gasteiger partial charge in [0.05, 0.1) is 0 Å². The zero-order chi connectivity index (χ0) is 13.7. The molecule has 1 atom stereocenters. The number of rotatable bonds is 5. The molecule has 2 aromatic carbocycles. The van der Waals surface area contributed by atoms with Gasteiger partial charge in [-0.15, -0.1) is 0 Å². The highest BCUT2D eigenvalue weighted by Gasteiger charge is 2.10. The molecule has 0 unspecified atom stereocenters. The fourth-order valence-corrected chi connectivity index (χ4v) is 2.06. The van der Waals surface area contributed by atoms with Gasteiger partial charge < -0.3 is 10.5 Å². The summed E-state index contributed by atoms with van der Waals surface area (Å²) in [5.74, 6) is 1.72. The number of nitrogens with two attached hydrogens (primary N) is 1. The van der Waals surface area contributed by atoms with Crippen LogP contribution in [0.3, 0.4) is 0 Å². The van der Waals surface area contributed by atoms with Gasteiger partial charge >= 0.3 is 0 Å². The second-order valence-corrected chi connectivity index (χ2v) is 4.66. The lowest BCUT2D eigenvalue weighted by Crippen LogP contribution is -2.09. The Morgan fingerprint density at radius 1 is 1.05 bits per heavy atom. The van der Waals surface area contributed by atoms with Crippen LogP contribution in [0, 0.1) is 0 Å². The molecule has 100 valence electrons. The lowest BCUT2D eigenvalue weighted by Gasteiger charge is -2.15. The average Bonchev–Trinajstić information content (AvgIpc) is 2.47. The average molecular weight is 255 g/mol. The second kappa shape index (κ2) is 6.39. The van der Waals surface area contributed by atoms with E-state index in [9.17, 15) is 0 Å². The fraction of sp³-hybridized carbons (Fsp3) is 0.294. The van der Waals surface area contributed by atoms with E-state index in [4.69, 9.17) is 10.5 Å². The van der Waals surface area contributed by atoms with Gasteiger partial charge in [-0.2, -0.15) is 0 Å². The highest BCUT2D eigenvalue weighted by Crippen LogP contribution is 2.30. The van der Waals surface area contributed by atoms with Crippen molar-refractivity contribution < 1.29 is 4.74 Å². The van der Waals surface area contributed by atoms with Crippen molar-refractivity contribution in [3.63, 3.8) is 0 Å². The molecule has 0 aliphatic rings. The first-order valence-corrected chi connectivity index (χ1v) is 6.85. The third kappa shape index (κ3) is 3.36. The molecule has 2 rings (SSSR count). The molecule has 2 heteroatoms. The van der Waals surface area contributed by atoms with Crippen molar-refractivity contribution in [1.29, 1.82) is 0 Å². The van der Waals surface area contributed by atoms with Crippen molar-refractivity contribution in [1.82, 2.24) is 0 Å². The minimum absolute atomic E-state index is 0.0190. The minimum atomic E-state index is 0.0190. The lowest BCUT2D eigenvalue weighted by atomic mass is 10.0. The Morgan fingerprint density at radius 3 is 2.58 bits per heavy atom. The molecule has 0 amide bonds. The molecule has 19 heavy (non-hydrogen) atoms. The van der Waals surface area contributed by atoms with Gasteiger partial charge in [0.15, 0.2) is 0 Å². The van der Waals surface area contributed by atoms with E-state index in [-0.39, 0.29) is 6.04 Å². The summed E-state index contributed by atoms with van der Waals surface area (Å²) in [6.07, 6.45) is 1.91. The van der Waals surface area contributed by atoms with Gasteiger partial charge in [0.1, 0.15) is 11.5 Å². The third-order valence-electron chi connectivity index (χ3n) is 3.29. The monoisotopic (exact) mass is 255 g/mol. The number of hydrogen-bond donors (Lipinski definition) is 1. The van der Waals surface area contributed by atoms with Crippen LogP contribution in [0.4, 0.5) is 0 Å². The number of ether oxygens (including phenoxy) is 1. The summed E-state index contributed by atoms with van der Waals surface area (Å²) in [6, 6.07) is 16.2. The van der Waals surface area contributed by atoms with Crippen LogP contribution in [0.15, 0.2) is 48.5 Å². The highest BCUT2D eigenvalue weighted by molar-refractivity contribution is 5.40. The van der Waals surface area contributed by atoms with E-state index in [2.05, 4.69) is 26.0 Å². The van der Waals surface area contributed by atoms with Crippen molar-refractivity contribution in [3.05, 3.63) is 59.7 Å². The van der Waals surface area contributed by atoms with Crippen LogP contribution in [0.2, 0.25) is 0 Å². The maximum Gasteiger partial charge on any atom is 0.132 e. The molecular formula is C17H21NO. The smallest absolute Gasteiger partial charge is 0.132 e. The molecule has 2 N–H and O–H groups in total. The van der Waals surface area contributed by atoms with E-state index >= 15 is 0 Å². The van der Waals surface area contributed by atoms with Gasteiger partial charge in [-0.3, -0.25) is 0 Å². The van der Waals surface area contributed by atoms with Crippen molar-refractivity contribution in [2.45, 2.75) is 32.7 Å². The van der Waals surface area contributed by atoms with Crippen molar-refractivity contribution in [2.24, 2.45) is 5.73 Å². The van der Waals surface area contributed by atoms with E-state index in [1.54, 1.807) is 0 Å². The SMILES string of the molecule is CCc1cccc(Oc2ccccc2[C@H](N)CC)c1. The molecular weight excluding hydrogens is 234 g/mol. The Morgan fingerprint density at radius 2 is 1.84 bits per heavy atom. The summed E-state index contributed by atoms with van der Waals surface area (Å²) >= 11 is 0. The zero-order valence-corrected chi connectivity index (χ0v) is 11.6. The fourth-order valence-electron chi connectivity index (χ4n) is 2.06. The van der Waals surface area contributed by atoms with Crippen molar-refractivity contribution >= 4 is 0 Å². The largest absolute Gasteiger partial charge is 0.457 e. The van der Waals surface area contributed by atoms with Gasteiger partial charge in [-0.25, -0.2) is 0 Å². The van der Waals surface area contributed by atoms with Gasteiger partial charge in [-0.05, 0) is 36.6 Å². The summed E-state index contributed by atoms with van der Waals surface area (Å²) in [4.78, 5) is 0. The zero-order valence-electron chi connectivity index (χ0n) is 11.6. The predicted octanol–water partition coefficient (Wildman–Crippen LogP) is 4.45. The molecule has 0 heterocycles. The van der Waals surface area contributed by atoms with Crippen molar-refractivity contribution in [3.8, 4) is 11.5 Å². The van der Waals surface area contributed by atoms with E-state index in [0.29, 0.717) is 0 Å². The molecule has 2 aromatic rings. The lowest BCUT2D eigenvalue weighted by molar-refractivity contribution is 0.468. The summed E-state index contributed by atoms with van der Waals surface area (Å²) in [6.45, 7) is 4.22. The first-order chi connectivity index (χ1) is 9.24. The molecule has 0 saturated carbocycles. The normalized spacial score (nSPS) is 12.2. The topological polar surface area (TPSA) is 35.2 Å². The van der Waals surface area contributed by atoms with Crippen LogP contribution in [0.5, 0.6) is 11.5 Å². The van der Waals surface area contributed by atoms with E-state index in [1.165, 1.54) is 5.56 Å². The van der Waals surface area contributed by atoms with E-state index in [0.717, 1.165) is 29.9 Å². The number of aryl methyl sites for hydroxylation is 1. The number of para-hydroxylation sites is 1. The van der Waals surface area contributed by atoms with E-state index in [1.807, 2.05) is 36.4 Å². The Hall–Kier alpha value is -1.80. The third-order valence-corrected chi connectivity index (χ3v) is 3.29. The minimum Gasteiger partial charge on any atom is -0.457 e.